The van der Waals surface area contributed by atoms with E-state index in [1.807, 2.05) is 42.5 Å². The summed E-state index contributed by atoms with van der Waals surface area (Å²) >= 11 is 11.9. The van der Waals surface area contributed by atoms with Gasteiger partial charge in [-0.05, 0) is 48.2 Å². The lowest BCUT2D eigenvalue weighted by molar-refractivity contribution is -0.121. The molecule has 22 heavy (non-hydrogen) atoms. The quantitative estimate of drug-likeness (QED) is 0.816. The molecule has 2 rings (SSSR count). The van der Waals surface area contributed by atoms with Gasteiger partial charge in [0.1, 0.15) is 0 Å². The van der Waals surface area contributed by atoms with Crippen LogP contribution in [0.2, 0.25) is 10.0 Å². The van der Waals surface area contributed by atoms with Gasteiger partial charge in [0.2, 0.25) is 5.91 Å². The molecule has 0 bridgehead atoms. The number of halogens is 2. The molecule has 0 saturated carbocycles. The molecule has 4 heteroatoms. The number of hydrogen-bond acceptors (Lipinski definition) is 1. The Morgan fingerprint density at radius 2 is 1.64 bits per heavy atom. The Kier molecular flexibility index (Phi) is 6.29. The minimum absolute atomic E-state index is 0.0103. The number of carbonyl (C=O) groups excluding carboxylic acids is 1. The molecule has 2 nitrogen and oxygen atoms in total. The third-order valence-corrected chi connectivity index (χ3v) is 3.95. The Morgan fingerprint density at radius 3 is 2.23 bits per heavy atom. The fraction of sp³-hybridized carbons (Fsp3) is 0.278. The average Bonchev–Trinajstić information content (AvgIpc) is 2.46. The van der Waals surface area contributed by atoms with E-state index in [2.05, 4.69) is 12.2 Å². The Bertz CT molecular complexity index is 642. The van der Waals surface area contributed by atoms with Crippen LogP contribution >= 0.6 is 23.2 Å². The lowest BCUT2D eigenvalue weighted by Gasteiger charge is -2.17. The number of nitrogens with one attached hydrogen (secondary N) is 1. The molecule has 0 aliphatic rings. The highest BCUT2D eigenvalue weighted by atomic mass is 35.5. The van der Waals surface area contributed by atoms with Crippen LogP contribution in [0.25, 0.3) is 0 Å². The van der Waals surface area contributed by atoms with E-state index in [1.54, 1.807) is 6.07 Å². The molecule has 1 atom stereocenters. The molecule has 0 saturated heterocycles. The molecule has 2 aromatic carbocycles. The molecule has 2 aromatic rings. The fourth-order valence-electron chi connectivity index (χ4n) is 2.36. The van der Waals surface area contributed by atoms with E-state index < -0.39 is 0 Å². The topological polar surface area (TPSA) is 29.1 Å². The van der Waals surface area contributed by atoms with Gasteiger partial charge in [-0.1, -0.05) is 54.4 Å². The zero-order valence-corrected chi connectivity index (χ0v) is 14.0. The van der Waals surface area contributed by atoms with Crippen molar-refractivity contribution in [3.63, 3.8) is 0 Å². The largest absolute Gasteiger partial charge is 0.353 e. The van der Waals surface area contributed by atoms with Crippen LogP contribution in [0.5, 0.6) is 0 Å². The van der Waals surface area contributed by atoms with Crippen LogP contribution in [0.15, 0.2) is 48.5 Å². The first-order valence-electron chi connectivity index (χ1n) is 7.35. The highest BCUT2D eigenvalue weighted by Gasteiger charge is 2.12. The second-order valence-corrected chi connectivity index (χ2v) is 6.19. The minimum Gasteiger partial charge on any atom is -0.353 e. The first-order chi connectivity index (χ1) is 10.6. The average molecular weight is 336 g/mol. The van der Waals surface area contributed by atoms with Crippen molar-refractivity contribution in [3.05, 3.63) is 69.7 Å². The Balaban J connectivity index is 1.93. The van der Waals surface area contributed by atoms with Crippen LogP contribution in [-0.2, 0) is 17.6 Å². The van der Waals surface area contributed by atoms with Crippen molar-refractivity contribution in [2.24, 2.45) is 0 Å². The van der Waals surface area contributed by atoms with Crippen LogP contribution in [0.4, 0.5) is 0 Å². The molecule has 0 aliphatic heterocycles. The fourth-order valence-corrected chi connectivity index (χ4v) is 2.78. The maximum Gasteiger partial charge on any atom is 0.224 e. The predicted molar refractivity (Wildman–Crippen MR) is 92.5 cm³/mol. The first-order valence-corrected chi connectivity index (χ1v) is 8.10. The van der Waals surface area contributed by atoms with Crippen molar-refractivity contribution >= 4 is 29.1 Å². The van der Waals surface area contributed by atoms with Crippen LogP contribution < -0.4 is 5.32 Å². The Morgan fingerprint density at radius 1 is 1.05 bits per heavy atom. The van der Waals surface area contributed by atoms with E-state index in [0.717, 1.165) is 29.0 Å². The first kappa shape index (κ1) is 16.9. The number of amides is 1. The van der Waals surface area contributed by atoms with Crippen molar-refractivity contribution < 1.29 is 4.79 Å². The Labute approximate surface area is 141 Å². The molecule has 1 N–H and O–H groups in total. The highest BCUT2D eigenvalue weighted by molar-refractivity contribution is 6.30. The minimum atomic E-state index is 0.0103. The van der Waals surface area contributed by atoms with Gasteiger partial charge in [0.05, 0.1) is 6.42 Å². The molecular formula is C18H19Cl2NO. The monoisotopic (exact) mass is 335 g/mol. The van der Waals surface area contributed by atoms with E-state index in [9.17, 15) is 4.79 Å². The van der Waals surface area contributed by atoms with Crippen LogP contribution in [0.3, 0.4) is 0 Å². The summed E-state index contributed by atoms with van der Waals surface area (Å²) in [5.41, 5.74) is 2.05. The van der Waals surface area contributed by atoms with Gasteiger partial charge in [-0.2, -0.15) is 0 Å². The summed E-state index contributed by atoms with van der Waals surface area (Å²) in [5.74, 6) is 0.0103. The zero-order chi connectivity index (χ0) is 15.9. The number of benzene rings is 2. The third-order valence-electron chi connectivity index (χ3n) is 3.48. The molecular weight excluding hydrogens is 317 g/mol. The normalized spacial score (nSPS) is 12.0. The zero-order valence-electron chi connectivity index (χ0n) is 12.5. The van der Waals surface area contributed by atoms with E-state index in [0.29, 0.717) is 11.4 Å². The van der Waals surface area contributed by atoms with Gasteiger partial charge in [-0.15, -0.1) is 0 Å². The maximum atomic E-state index is 12.2. The predicted octanol–water partition coefficient (Wildman–Crippen LogP) is 4.67. The number of rotatable bonds is 6. The summed E-state index contributed by atoms with van der Waals surface area (Å²) < 4.78 is 0. The molecule has 0 heterocycles. The van der Waals surface area contributed by atoms with Crippen molar-refractivity contribution in [2.75, 3.05) is 0 Å². The van der Waals surface area contributed by atoms with E-state index in [-0.39, 0.29) is 11.9 Å². The molecule has 1 amide bonds. The number of hydrogen-bond donors (Lipinski definition) is 1. The van der Waals surface area contributed by atoms with E-state index in [4.69, 9.17) is 23.2 Å². The van der Waals surface area contributed by atoms with E-state index >= 15 is 0 Å². The van der Waals surface area contributed by atoms with Gasteiger partial charge in [-0.25, -0.2) is 0 Å². The van der Waals surface area contributed by atoms with E-state index in [1.165, 1.54) is 0 Å². The van der Waals surface area contributed by atoms with Crippen LogP contribution in [0, 0.1) is 0 Å². The Hall–Kier alpha value is -1.51. The maximum absolute atomic E-state index is 12.2. The van der Waals surface area contributed by atoms with Gasteiger partial charge < -0.3 is 5.32 Å². The summed E-state index contributed by atoms with van der Waals surface area (Å²) in [4.78, 5) is 12.2. The molecule has 0 fully saturated rings. The van der Waals surface area contributed by atoms with Crippen LogP contribution in [-0.4, -0.2) is 11.9 Å². The van der Waals surface area contributed by atoms with Gasteiger partial charge >= 0.3 is 0 Å². The van der Waals surface area contributed by atoms with Crippen molar-refractivity contribution in [1.29, 1.82) is 0 Å². The van der Waals surface area contributed by atoms with Crippen molar-refractivity contribution in [3.8, 4) is 0 Å². The lowest BCUT2D eigenvalue weighted by Crippen LogP contribution is -2.36. The van der Waals surface area contributed by atoms with Crippen LogP contribution in [0.1, 0.15) is 24.5 Å². The van der Waals surface area contributed by atoms with Crippen molar-refractivity contribution in [1.82, 2.24) is 5.32 Å². The van der Waals surface area contributed by atoms with Crippen molar-refractivity contribution in [2.45, 2.75) is 32.2 Å². The van der Waals surface area contributed by atoms with Gasteiger partial charge in [0, 0.05) is 16.1 Å². The summed E-state index contributed by atoms with van der Waals surface area (Å²) in [7, 11) is 0. The molecule has 116 valence electrons. The summed E-state index contributed by atoms with van der Waals surface area (Å²) in [6.07, 6.45) is 1.98. The van der Waals surface area contributed by atoms with Gasteiger partial charge in [-0.3, -0.25) is 4.79 Å². The van der Waals surface area contributed by atoms with Gasteiger partial charge in [0.15, 0.2) is 0 Å². The summed E-state index contributed by atoms with van der Waals surface area (Å²) in [6.45, 7) is 2.06. The summed E-state index contributed by atoms with van der Waals surface area (Å²) in [5, 5.41) is 4.45. The SMILES string of the molecule is CC[C@@H](Cc1cccc(Cl)c1)NC(=O)Cc1cccc(Cl)c1. The molecule has 0 unspecified atom stereocenters. The second kappa shape index (κ2) is 8.21. The molecule has 0 spiro atoms. The third kappa shape index (κ3) is 5.36. The smallest absolute Gasteiger partial charge is 0.224 e. The molecule has 0 radical (unpaired) electrons. The second-order valence-electron chi connectivity index (χ2n) is 5.31. The number of carbonyl (C=O) groups is 1. The molecule has 0 aromatic heterocycles. The highest BCUT2D eigenvalue weighted by Crippen LogP contribution is 2.14. The lowest BCUT2D eigenvalue weighted by atomic mass is 10.0. The summed E-state index contributed by atoms with van der Waals surface area (Å²) in [6, 6.07) is 15.2. The standard InChI is InChI=1S/C18H19Cl2NO/c1-2-17(11-13-5-3-7-15(19)9-13)21-18(22)12-14-6-4-8-16(20)10-14/h3-10,17H,2,11-12H2,1H3,(H,21,22)/t17-/m0/s1. The molecule has 0 aliphatic carbocycles. The van der Waals surface area contributed by atoms with Gasteiger partial charge in [0.25, 0.3) is 0 Å².